The molecule has 0 fully saturated rings. The van der Waals surface area contributed by atoms with Crippen LogP contribution >= 0.6 is 0 Å². The lowest BCUT2D eigenvalue weighted by Crippen LogP contribution is -2.33. The molecule has 0 spiro atoms. The molecule has 0 aliphatic heterocycles. The van der Waals surface area contributed by atoms with Gasteiger partial charge >= 0.3 is 0 Å². The molecule has 2 unspecified atom stereocenters. The first-order chi connectivity index (χ1) is 5.87. The van der Waals surface area contributed by atoms with Crippen LogP contribution < -0.4 is 0 Å². The second-order valence-corrected chi connectivity index (χ2v) is 5.38. The Hall–Kier alpha value is 0. The molecule has 0 saturated heterocycles. The maximum absolute atomic E-state index is 2.43. The number of hydrogen-bond acceptors (Lipinski definition) is 0. The summed E-state index contributed by atoms with van der Waals surface area (Å²) < 4.78 is 0. The van der Waals surface area contributed by atoms with E-state index >= 15 is 0 Å². The van der Waals surface area contributed by atoms with Gasteiger partial charge in [0.2, 0.25) is 0 Å². The molecule has 0 rings (SSSR count). The Kier molecular flexibility index (Phi) is 5.02. The largest absolute Gasteiger partial charge is 0.0651 e. The maximum atomic E-state index is 2.43. The van der Waals surface area contributed by atoms with Crippen molar-refractivity contribution in [2.75, 3.05) is 0 Å². The summed E-state index contributed by atoms with van der Waals surface area (Å²) in [4.78, 5) is 0. The van der Waals surface area contributed by atoms with E-state index in [4.69, 9.17) is 0 Å². The zero-order valence-corrected chi connectivity index (χ0v) is 10.6. The summed E-state index contributed by atoms with van der Waals surface area (Å²) in [6.45, 7) is 16.6. The van der Waals surface area contributed by atoms with Crippen LogP contribution in [0, 0.1) is 23.2 Å². The summed E-state index contributed by atoms with van der Waals surface area (Å²) in [6.07, 6.45) is 2.63. The van der Waals surface area contributed by atoms with Crippen LogP contribution in [-0.4, -0.2) is 0 Å². The Labute approximate surface area is 85.1 Å². The summed E-state index contributed by atoms with van der Waals surface area (Å²) in [7, 11) is 0. The monoisotopic (exact) mass is 184 g/mol. The Bertz CT molecular complexity index is 133. The number of hydrogen-bond donors (Lipinski definition) is 0. The van der Waals surface area contributed by atoms with Crippen molar-refractivity contribution in [3.63, 3.8) is 0 Å². The van der Waals surface area contributed by atoms with Crippen LogP contribution in [0.1, 0.15) is 61.3 Å². The SMILES string of the molecule is CCC(C)C(CC)C(C)(C)C(C)C. The van der Waals surface area contributed by atoms with Gasteiger partial charge in [0.15, 0.2) is 0 Å². The molecule has 0 heteroatoms. The first-order valence-electron chi connectivity index (χ1n) is 5.87. The van der Waals surface area contributed by atoms with Crippen molar-refractivity contribution in [1.29, 1.82) is 0 Å². The topological polar surface area (TPSA) is 0 Å². The van der Waals surface area contributed by atoms with Crippen molar-refractivity contribution in [2.45, 2.75) is 61.3 Å². The van der Waals surface area contributed by atoms with Crippen LogP contribution in [0.5, 0.6) is 0 Å². The predicted molar refractivity (Wildman–Crippen MR) is 61.9 cm³/mol. The summed E-state index contributed by atoms with van der Waals surface area (Å²) in [5, 5.41) is 0. The average molecular weight is 184 g/mol. The average Bonchev–Trinajstić information content (AvgIpc) is 2.04. The quantitative estimate of drug-likeness (QED) is 0.579. The van der Waals surface area contributed by atoms with E-state index in [1.165, 1.54) is 12.8 Å². The van der Waals surface area contributed by atoms with E-state index in [2.05, 4.69) is 48.5 Å². The number of rotatable bonds is 5. The van der Waals surface area contributed by atoms with Crippen LogP contribution in [0.25, 0.3) is 0 Å². The molecule has 0 saturated carbocycles. The van der Waals surface area contributed by atoms with E-state index in [1.54, 1.807) is 0 Å². The molecule has 0 aliphatic carbocycles. The molecular formula is C13H28. The van der Waals surface area contributed by atoms with E-state index in [9.17, 15) is 0 Å². The van der Waals surface area contributed by atoms with E-state index in [0.29, 0.717) is 5.41 Å². The molecule has 0 aromatic rings. The van der Waals surface area contributed by atoms with E-state index in [-0.39, 0.29) is 0 Å². The lowest BCUT2D eigenvalue weighted by atomic mass is 9.64. The highest BCUT2D eigenvalue weighted by molar-refractivity contribution is 4.83. The minimum atomic E-state index is 0.490. The highest BCUT2D eigenvalue weighted by atomic mass is 14.4. The van der Waals surface area contributed by atoms with Gasteiger partial charge in [0, 0.05) is 0 Å². The lowest BCUT2D eigenvalue weighted by Gasteiger charge is -2.41. The van der Waals surface area contributed by atoms with Crippen molar-refractivity contribution in [1.82, 2.24) is 0 Å². The van der Waals surface area contributed by atoms with E-state index in [1.807, 2.05) is 0 Å². The molecule has 2 atom stereocenters. The third kappa shape index (κ3) is 3.00. The third-order valence-electron chi connectivity index (χ3n) is 4.21. The molecule has 0 aromatic carbocycles. The van der Waals surface area contributed by atoms with E-state index < -0.39 is 0 Å². The molecule has 0 N–H and O–H groups in total. The Morgan fingerprint density at radius 1 is 0.923 bits per heavy atom. The molecule has 0 nitrogen and oxygen atoms in total. The predicted octanol–water partition coefficient (Wildman–Crippen LogP) is 4.74. The van der Waals surface area contributed by atoms with Crippen molar-refractivity contribution >= 4 is 0 Å². The van der Waals surface area contributed by atoms with Gasteiger partial charge < -0.3 is 0 Å². The summed E-state index contributed by atoms with van der Waals surface area (Å²) in [5.74, 6) is 2.52. The van der Waals surface area contributed by atoms with Gasteiger partial charge in [-0.15, -0.1) is 0 Å². The second kappa shape index (κ2) is 5.02. The van der Waals surface area contributed by atoms with Crippen molar-refractivity contribution < 1.29 is 0 Å². The fourth-order valence-corrected chi connectivity index (χ4v) is 2.37. The second-order valence-electron chi connectivity index (χ2n) is 5.38. The van der Waals surface area contributed by atoms with Gasteiger partial charge in [-0.2, -0.15) is 0 Å². The van der Waals surface area contributed by atoms with Crippen molar-refractivity contribution in [3.05, 3.63) is 0 Å². The zero-order valence-electron chi connectivity index (χ0n) is 10.6. The maximum Gasteiger partial charge on any atom is -0.0300 e. The first-order valence-corrected chi connectivity index (χ1v) is 5.87. The van der Waals surface area contributed by atoms with Crippen LogP contribution in [-0.2, 0) is 0 Å². The fraction of sp³-hybridized carbons (Fsp3) is 1.00. The van der Waals surface area contributed by atoms with Gasteiger partial charge in [0.25, 0.3) is 0 Å². The van der Waals surface area contributed by atoms with Crippen LogP contribution in [0.15, 0.2) is 0 Å². The standard InChI is InChI=1S/C13H28/c1-8-11(5)12(9-2)13(6,7)10(3)4/h10-12H,8-9H2,1-7H3. The minimum absolute atomic E-state index is 0.490. The van der Waals surface area contributed by atoms with Gasteiger partial charge in [-0.3, -0.25) is 0 Å². The van der Waals surface area contributed by atoms with Crippen LogP contribution in [0.3, 0.4) is 0 Å². The fourth-order valence-electron chi connectivity index (χ4n) is 2.37. The highest BCUT2D eigenvalue weighted by Gasteiger charge is 2.33. The molecule has 13 heavy (non-hydrogen) atoms. The molecule has 0 heterocycles. The Morgan fingerprint density at radius 2 is 1.38 bits per heavy atom. The van der Waals surface area contributed by atoms with Crippen LogP contribution in [0.2, 0.25) is 0 Å². The molecular weight excluding hydrogens is 156 g/mol. The Balaban J connectivity index is 4.55. The van der Waals surface area contributed by atoms with Gasteiger partial charge in [-0.1, -0.05) is 61.3 Å². The van der Waals surface area contributed by atoms with E-state index in [0.717, 1.165) is 17.8 Å². The zero-order chi connectivity index (χ0) is 10.6. The third-order valence-corrected chi connectivity index (χ3v) is 4.21. The molecule has 0 bridgehead atoms. The van der Waals surface area contributed by atoms with Gasteiger partial charge in [-0.05, 0) is 23.2 Å². The normalized spacial score (nSPS) is 17.5. The van der Waals surface area contributed by atoms with Crippen molar-refractivity contribution in [2.24, 2.45) is 23.2 Å². The molecule has 0 aliphatic rings. The summed E-state index contributed by atoms with van der Waals surface area (Å²) in [6, 6.07) is 0. The van der Waals surface area contributed by atoms with Gasteiger partial charge in [-0.25, -0.2) is 0 Å². The summed E-state index contributed by atoms with van der Waals surface area (Å²) >= 11 is 0. The van der Waals surface area contributed by atoms with Crippen molar-refractivity contribution in [3.8, 4) is 0 Å². The lowest BCUT2D eigenvalue weighted by molar-refractivity contribution is 0.0851. The van der Waals surface area contributed by atoms with Gasteiger partial charge in [0.1, 0.15) is 0 Å². The minimum Gasteiger partial charge on any atom is -0.0651 e. The molecule has 80 valence electrons. The van der Waals surface area contributed by atoms with Gasteiger partial charge in [0.05, 0.1) is 0 Å². The first kappa shape index (κ1) is 13.0. The highest BCUT2D eigenvalue weighted by Crippen LogP contribution is 2.41. The molecule has 0 aromatic heterocycles. The molecule has 0 amide bonds. The summed E-state index contributed by atoms with van der Waals surface area (Å²) in [5.41, 5.74) is 0.490. The Morgan fingerprint density at radius 3 is 1.62 bits per heavy atom. The van der Waals surface area contributed by atoms with Crippen LogP contribution in [0.4, 0.5) is 0 Å². The smallest absolute Gasteiger partial charge is 0.0300 e. The molecule has 0 radical (unpaired) electrons.